The number of hydrogen-bond donors (Lipinski definition) is 0. The van der Waals surface area contributed by atoms with E-state index in [4.69, 9.17) is 11.6 Å². The molecule has 0 aliphatic rings. The highest BCUT2D eigenvalue weighted by Crippen LogP contribution is 2.31. The molecule has 94 valence electrons. The fourth-order valence-electron chi connectivity index (χ4n) is 1.34. The van der Waals surface area contributed by atoms with Gasteiger partial charge in [-0.2, -0.15) is 0 Å². The van der Waals surface area contributed by atoms with E-state index in [-0.39, 0.29) is 15.5 Å². The van der Waals surface area contributed by atoms with Gasteiger partial charge in [-0.25, -0.2) is 18.7 Å². The second-order valence-electron chi connectivity index (χ2n) is 3.46. The Morgan fingerprint density at radius 3 is 2.56 bits per heavy atom. The van der Waals surface area contributed by atoms with Crippen molar-refractivity contribution >= 4 is 50.1 Å². The quantitative estimate of drug-likeness (QED) is 0.360. The molecule has 0 fully saturated rings. The first-order valence-electron chi connectivity index (χ1n) is 4.75. The van der Waals surface area contributed by atoms with Crippen molar-refractivity contribution in [2.75, 3.05) is 0 Å². The Kier molecular flexibility index (Phi) is 4.18. The molecule has 1 heterocycles. The zero-order chi connectivity index (χ0) is 13.4. The number of aryl methyl sites for hydroxylation is 1. The van der Waals surface area contributed by atoms with Crippen LogP contribution in [0, 0.1) is 22.1 Å². The average molecular weight is 445 g/mol. The van der Waals surface area contributed by atoms with E-state index in [2.05, 4.69) is 25.9 Å². The van der Waals surface area contributed by atoms with Crippen LogP contribution in [0.5, 0.6) is 0 Å². The molecule has 2 aromatic rings. The van der Waals surface area contributed by atoms with E-state index in [0.717, 1.165) is 9.64 Å². The predicted octanol–water partition coefficient (Wildman–Crippen LogP) is 4.75. The molecule has 0 unspecified atom stereocenters. The SMILES string of the molecule is Cc1nc(-c2ccc(F)c(F)c2Br)nc(Cl)c1I. The molecule has 2 nitrogen and oxygen atoms in total. The molecule has 0 N–H and O–H groups in total. The molecule has 0 bridgehead atoms. The highest BCUT2D eigenvalue weighted by molar-refractivity contribution is 14.1. The largest absolute Gasteiger partial charge is 0.232 e. The maximum Gasteiger partial charge on any atom is 0.173 e. The number of hydrogen-bond acceptors (Lipinski definition) is 2. The lowest BCUT2D eigenvalue weighted by molar-refractivity contribution is 0.504. The van der Waals surface area contributed by atoms with Crippen molar-refractivity contribution in [1.29, 1.82) is 0 Å². The van der Waals surface area contributed by atoms with Crippen LogP contribution in [0.1, 0.15) is 5.69 Å². The monoisotopic (exact) mass is 444 g/mol. The van der Waals surface area contributed by atoms with E-state index in [9.17, 15) is 8.78 Å². The average Bonchev–Trinajstić information content (AvgIpc) is 2.33. The Morgan fingerprint density at radius 2 is 1.94 bits per heavy atom. The van der Waals surface area contributed by atoms with E-state index in [1.807, 2.05) is 22.6 Å². The number of rotatable bonds is 1. The molecule has 1 aromatic carbocycles. The lowest BCUT2D eigenvalue weighted by Gasteiger charge is -2.07. The van der Waals surface area contributed by atoms with Gasteiger partial charge < -0.3 is 0 Å². The van der Waals surface area contributed by atoms with E-state index in [1.54, 1.807) is 6.92 Å². The third kappa shape index (κ3) is 2.50. The summed E-state index contributed by atoms with van der Waals surface area (Å²) in [5.74, 6) is -1.65. The van der Waals surface area contributed by atoms with Crippen LogP contribution in [-0.4, -0.2) is 9.97 Å². The first kappa shape index (κ1) is 14.1. The van der Waals surface area contributed by atoms with E-state index in [0.29, 0.717) is 11.3 Å². The summed E-state index contributed by atoms with van der Waals surface area (Å²) >= 11 is 11.0. The third-order valence-corrected chi connectivity index (χ3v) is 4.91. The summed E-state index contributed by atoms with van der Waals surface area (Å²) in [6.45, 7) is 1.77. The van der Waals surface area contributed by atoms with Gasteiger partial charge in [0.2, 0.25) is 0 Å². The van der Waals surface area contributed by atoms with Crippen molar-refractivity contribution in [2.45, 2.75) is 6.92 Å². The number of nitrogens with zero attached hydrogens (tertiary/aromatic N) is 2. The van der Waals surface area contributed by atoms with Crippen LogP contribution >= 0.6 is 50.1 Å². The zero-order valence-corrected chi connectivity index (χ0v) is 13.4. The van der Waals surface area contributed by atoms with Gasteiger partial charge in [-0.3, -0.25) is 0 Å². The first-order chi connectivity index (χ1) is 8.41. The molecule has 2 rings (SSSR count). The Morgan fingerprint density at radius 1 is 1.28 bits per heavy atom. The van der Waals surface area contributed by atoms with Gasteiger partial charge in [0, 0.05) is 5.56 Å². The normalized spacial score (nSPS) is 10.8. The number of benzene rings is 1. The molecule has 0 spiro atoms. The maximum absolute atomic E-state index is 13.4. The second-order valence-corrected chi connectivity index (χ2v) is 5.69. The van der Waals surface area contributed by atoms with Gasteiger partial charge in [0.15, 0.2) is 17.5 Å². The summed E-state index contributed by atoms with van der Waals surface area (Å²) in [6.07, 6.45) is 0. The van der Waals surface area contributed by atoms with Crippen molar-refractivity contribution in [1.82, 2.24) is 9.97 Å². The molecule has 0 aliphatic heterocycles. The minimum atomic E-state index is -0.969. The topological polar surface area (TPSA) is 25.8 Å². The Balaban J connectivity index is 2.67. The van der Waals surface area contributed by atoms with Crippen LogP contribution in [-0.2, 0) is 0 Å². The minimum absolute atomic E-state index is 0.0147. The van der Waals surface area contributed by atoms with Crippen molar-refractivity contribution < 1.29 is 8.78 Å². The summed E-state index contributed by atoms with van der Waals surface area (Å²) < 4.78 is 27.2. The summed E-state index contributed by atoms with van der Waals surface area (Å²) in [5, 5.41) is 0.287. The molecular formula is C11H5BrClF2IN2. The summed E-state index contributed by atoms with van der Waals surface area (Å²) in [5.41, 5.74) is 1.04. The highest BCUT2D eigenvalue weighted by atomic mass is 127. The molecule has 0 aliphatic carbocycles. The van der Waals surface area contributed by atoms with Crippen LogP contribution in [0.25, 0.3) is 11.4 Å². The second kappa shape index (κ2) is 5.34. The molecule has 0 amide bonds. The lowest BCUT2D eigenvalue weighted by atomic mass is 10.2. The van der Waals surface area contributed by atoms with Crippen LogP contribution in [0.4, 0.5) is 8.78 Å². The molecular weight excluding hydrogens is 440 g/mol. The van der Waals surface area contributed by atoms with Gasteiger partial charge in [-0.15, -0.1) is 0 Å². The Hall–Kier alpha value is -0.340. The van der Waals surface area contributed by atoms with E-state index in [1.165, 1.54) is 6.07 Å². The van der Waals surface area contributed by atoms with E-state index < -0.39 is 11.6 Å². The fourth-order valence-corrected chi connectivity index (χ4v) is 2.30. The lowest BCUT2D eigenvalue weighted by Crippen LogP contribution is -1.98. The van der Waals surface area contributed by atoms with Crippen LogP contribution in [0.2, 0.25) is 5.15 Å². The molecule has 0 saturated heterocycles. The number of halogens is 5. The summed E-state index contributed by atoms with van der Waals surface area (Å²) in [7, 11) is 0. The molecule has 1 aromatic heterocycles. The van der Waals surface area contributed by atoms with Gasteiger partial charge in [0.05, 0.1) is 13.7 Å². The van der Waals surface area contributed by atoms with Gasteiger partial charge in [0.1, 0.15) is 5.15 Å². The molecule has 0 saturated carbocycles. The molecule has 18 heavy (non-hydrogen) atoms. The van der Waals surface area contributed by atoms with E-state index >= 15 is 0 Å². The fraction of sp³-hybridized carbons (Fsp3) is 0.0909. The zero-order valence-electron chi connectivity index (χ0n) is 8.94. The van der Waals surface area contributed by atoms with Gasteiger partial charge in [-0.05, 0) is 57.6 Å². The molecule has 7 heteroatoms. The van der Waals surface area contributed by atoms with Crippen LogP contribution in [0.15, 0.2) is 16.6 Å². The van der Waals surface area contributed by atoms with Gasteiger partial charge in [-0.1, -0.05) is 11.6 Å². The Bertz CT molecular complexity index is 614. The summed E-state index contributed by atoms with van der Waals surface area (Å²) in [6, 6.07) is 2.43. The van der Waals surface area contributed by atoms with Gasteiger partial charge >= 0.3 is 0 Å². The van der Waals surface area contributed by atoms with Crippen molar-refractivity contribution in [3.8, 4) is 11.4 Å². The van der Waals surface area contributed by atoms with Gasteiger partial charge in [0.25, 0.3) is 0 Å². The smallest absolute Gasteiger partial charge is 0.173 e. The van der Waals surface area contributed by atoms with Crippen LogP contribution < -0.4 is 0 Å². The van der Waals surface area contributed by atoms with Crippen molar-refractivity contribution in [2.24, 2.45) is 0 Å². The minimum Gasteiger partial charge on any atom is -0.232 e. The van der Waals surface area contributed by atoms with Crippen molar-refractivity contribution in [3.05, 3.63) is 42.7 Å². The Labute approximate surface area is 129 Å². The molecule has 0 radical (unpaired) electrons. The maximum atomic E-state index is 13.4. The van der Waals surface area contributed by atoms with Crippen molar-refractivity contribution in [3.63, 3.8) is 0 Å². The third-order valence-electron chi connectivity index (χ3n) is 2.25. The standard InChI is InChI=1S/C11H5BrClF2IN2/c1-4-9(16)10(13)18-11(17-4)5-2-3-6(14)8(15)7(5)12/h2-3H,1H3. The predicted molar refractivity (Wildman–Crippen MR) is 77.5 cm³/mol. The van der Waals surface area contributed by atoms with Crippen LogP contribution in [0.3, 0.4) is 0 Å². The summed E-state index contributed by atoms with van der Waals surface area (Å²) in [4.78, 5) is 8.28. The highest BCUT2D eigenvalue weighted by Gasteiger charge is 2.16. The number of aromatic nitrogens is 2. The molecule has 0 atom stereocenters. The first-order valence-corrected chi connectivity index (χ1v) is 7.00.